The van der Waals surface area contributed by atoms with Crippen molar-refractivity contribution in [3.8, 4) is 0 Å². The van der Waals surface area contributed by atoms with Crippen LogP contribution in [0.4, 0.5) is 5.69 Å². The Morgan fingerprint density at radius 2 is 1.92 bits per heavy atom. The number of aromatic nitrogens is 4. The van der Waals surface area contributed by atoms with Crippen molar-refractivity contribution in [2.24, 2.45) is 0 Å². The van der Waals surface area contributed by atoms with Crippen molar-refractivity contribution in [2.45, 2.75) is 33.1 Å². The number of carbonyl (C=O) groups excluding carboxylic acids is 1. The fourth-order valence-corrected chi connectivity index (χ4v) is 2.84. The molecule has 0 saturated heterocycles. The highest BCUT2D eigenvalue weighted by Crippen LogP contribution is 2.22. The van der Waals surface area contributed by atoms with Crippen LogP contribution in [-0.4, -0.2) is 21.4 Å². The summed E-state index contributed by atoms with van der Waals surface area (Å²) >= 11 is 0. The maximum absolute atomic E-state index is 12.9. The molecule has 3 aromatic rings. The lowest BCUT2D eigenvalue weighted by Crippen LogP contribution is -2.25. The van der Waals surface area contributed by atoms with Gasteiger partial charge in [0.2, 0.25) is 5.91 Å². The standard InChI is InChI=1S/C19H21N5O/c1-12-5-4-6-15(10-12)11-16(18-21-23-24-22-18)19(25)20-17-8-7-13(2)9-14(17)3/h4-10,16H,11H2,1-3H3,(H2,20,21,22,23,24,25)/p-1/t16-/m0/s1. The smallest absolute Gasteiger partial charge is 0.232 e. The maximum Gasteiger partial charge on any atom is 0.232 e. The fourth-order valence-electron chi connectivity index (χ4n) is 2.84. The van der Waals surface area contributed by atoms with Crippen LogP contribution in [0.1, 0.15) is 34.0 Å². The summed E-state index contributed by atoms with van der Waals surface area (Å²) in [7, 11) is 0. The van der Waals surface area contributed by atoms with E-state index in [1.54, 1.807) is 0 Å². The van der Waals surface area contributed by atoms with Crippen molar-refractivity contribution in [2.75, 3.05) is 5.32 Å². The van der Waals surface area contributed by atoms with Crippen LogP contribution < -0.4 is 10.4 Å². The van der Waals surface area contributed by atoms with Gasteiger partial charge in [-0.25, -0.2) is 0 Å². The summed E-state index contributed by atoms with van der Waals surface area (Å²) in [5, 5.41) is 17.8. The zero-order chi connectivity index (χ0) is 17.8. The van der Waals surface area contributed by atoms with Crippen molar-refractivity contribution in [3.63, 3.8) is 0 Å². The number of carbonyl (C=O) groups is 1. The summed E-state index contributed by atoms with van der Waals surface area (Å²) in [5.74, 6) is -0.371. The minimum absolute atomic E-state index is 0.164. The van der Waals surface area contributed by atoms with E-state index < -0.39 is 5.92 Å². The van der Waals surface area contributed by atoms with E-state index in [2.05, 4.69) is 32.0 Å². The summed E-state index contributed by atoms with van der Waals surface area (Å²) in [4.78, 5) is 12.9. The first-order chi connectivity index (χ1) is 12.0. The minimum atomic E-state index is -0.544. The first kappa shape index (κ1) is 16.8. The van der Waals surface area contributed by atoms with E-state index in [1.807, 2.05) is 57.2 Å². The predicted octanol–water partition coefficient (Wildman–Crippen LogP) is 2.72. The molecule has 0 spiro atoms. The number of tetrazole rings is 1. The Labute approximate surface area is 146 Å². The molecular formula is C19H20N5O-. The van der Waals surface area contributed by atoms with E-state index in [0.717, 1.165) is 27.9 Å². The summed E-state index contributed by atoms with van der Waals surface area (Å²) in [6.45, 7) is 6.02. The molecule has 0 radical (unpaired) electrons. The molecule has 0 aliphatic heterocycles. The number of amides is 1. The van der Waals surface area contributed by atoms with E-state index in [9.17, 15) is 4.79 Å². The molecule has 0 unspecified atom stereocenters. The van der Waals surface area contributed by atoms with Crippen LogP contribution in [0.3, 0.4) is 0 Å². The molecule has 128 valence electrons. The van der Waals surface area contributed by atoms with Crippen LogP contribution in [0.25, 0.3) is 0 Å². The largest absolute Gasteiger partial charge is 0.335 e. The Morgan fingerprint density at radius 3 is 2.60 bits per heavy atom. The molecule has 1 heterocycles. The summed E-state index contributed by atoms with van der Waals surface area (Å²) in [6.07, 6.45) is 0.492. The molecule has 3 rings (SSSR count). The van der Waals surface area contributed by atoms with Crippen LogP contribution in [0.2, 0.25) is 0 Å². The number of hydrogen-bond acceptors (Lipinski definition) is 4. The molecular weight excluding hydrogens is 314 g/mol. The second kappa shape index (κ2) is 7.25. The van der Waals surface area contributed by atoms with E-state index in [0.29, 0.717) is 12.2 Å². The maximum atomic E-state index is 12.9. The van der Waals surface area contributed by atoms with Gasteiger partial charge in [-0.3, -0.25) is 15.1 Å². The number of nitrogens with one attached hydrogen (secondary N) is 1. The molecule has 0 saturated carbocycles. The minimum Gasteiger partial charge on any atom is -0.335 e. The molecule has 0 bridgehead atoms. The van der Waals surface area contributed by atoms with Gasteiger partial charge in [0.05, 0.1) is 5.92 Å². The number of hydrogen-bond donors (Lipinski definition) is 1. The summed E-state index contributed by atoms with van der Waals surface area (Å²) in [5.41, 5.74) is 5.15. The first-order valence-corrected chi connectivity index (χ1v) is 8.15. The van der Waals surface area contributed by atoms with Gasteiger partial charge in [0.25, 0.3) is 0 Å². The lowest BCUT2D eigenvalue weighted by atomic mass is 9.96. The van der Waals surface area contributed by atoms with Crippen LogP contribution in [0.5, 0.6) is 0 Å². The van der Waals surface area contributed by atoms with Gasteiger partial charge in [0.1, 0.15) is 0 Å². The second-order valence-electron chi connectivity index (χ2n) is 6.29. The first-order valence-electron chi connectivity index (χ1n) is 8.15. The molecule has 1 amide bonds. The molecule has 25 heavy (non-hydrogen) atoms. The van der Waals surface area contributed by atoms with Crippen molar-refractivity contribution in [3.05, 3.63) is 70.5 Å². The van der Waals surface area contributed by atoms with E-state index >= 15 is 0 Å². The third kappa shape index (κ3) is 4.09. The second-order valence-corrected chi connectivity index (χ2v) is 6.29. The predicted molar refractivity (Wildman–Crippen MR) is 95.3 cm³/mol. The number of nitrogens with zero attached hydrogens (tertiary/aromatic N) is 4. The Balaban J connectivity index is 1.85. The van der Waals surface area contributed by atoms with Gasteiger partial charge in [0.15, 0.2) is 0 Å². The van der Waals surface area contributed by atoms with Crippen molar-refractivity contribution in [1.29, 1.82) is 0 Å². The number of rotatable bonds is 5. The zero-order valence-electron chi connectivity index (χ0n) is 14.5. The van der Waals surface area contributed by atoms with Gasteiger partial charge in [-0.2, -0.15) is 5.21 Å². The van der Waals surface area contributed by atoms with Gasteiger partial charge in [-0.1, -0.05) is 47.5 Å². The van der Waals surface area contributed by atoms with Gasteiger partial charge < -0.3 is 10.4 Å². The highest BCUT2D eigenvalue weighted by atomic mass is 16.1. The molecule has 0 aliphatic carbocycles. The van der Waals surface area contributed by atoms with E-state index in [1.165, 1.54) is 0 Å². The molecule has 1 atom stereocenters. The average Bonchev–Trinajstić information content (AvgIpc) is 3.09. The molecule has 2 aromatic carbocycles. The van der Waals surface area contributed by atoms with Crippen LogP contribution >= 0.6 is 0 Å². The monoisotopic (exact) mass is 334 g/mol. The van der Waals surface area contributed by atoms with Crippen molar-refractivity contribution >= 4 is 11.6 Å². The average molecular weight is 334 g/mol. The Kier molecular flexibility index (Phi) is 4.88. The van der Waals surface area contributed by atoms with Gasteiger partial charge in [-0.05, 0) is 44.4 Å². The third-order valence-corrected chi connectivity index (χ3v) is 4.12. The van der Waals surface area contributed by atoms with E-state index in [-0.39, 0.29) is 5.91 Å². The van der Waals surface area contributed by atoms with Crippen molar-refractivity contribution in [1.82, 2.24) is 20.6 Å². The Hall–Kier alpha value is -3.02. The van der Waals surface area contributed by atoms with E-state index in [4.69, 9.17) is 0 Å². The number of aryl methyl sites for hydroxylation is 3. The van der Waals surface area contributed by atoms with Crippen molar-refractivity contribution < 1.29 is 4.79 Å². The highest BCUT2D eigenvalue weighted by Gasteiger charge is 2.21. The van der Waals surface area contributed by atoms with Gasteiger partial charge in [-0.15, -0.1) is 0 Å². The van der Waals surface area contributed by atoms with Crippen LogP contribution in [0, 0.1) is 20.8 Å². The lowest BCUT2D eigenvalue weighted by molar-refractivity contribution is -0.117. The number of benzene rings is 2. The molecule has 6 heteroatoms. The fraction of sp³-hybridized carbons (Fsp3) is 0.263. The molecule has 1 aromatic heterocycles. The SMILES string of the molecule is Cc1cccc(C[C@H](C(=O)Nc2ccc(C)cc2C)c2nnn[n-]2)c1. The molecule has 1 N–H and O–H groups in total. The highest BCUT2D eigenvalue weighted by molar-refractivity contribution is 5.96. The van der Waals surface area contributed by atoms with Crippen LogP contribution in [-0.2, 0) is 11.2 Å². The van der Waals surface area contributed by atoms with Crippen LogP contribution in [0.15, 0.2) is 42.5 Å². The molecule has 0 fully saturated rings. The van der Waals surface area contributed by atoms with Gasteiger partial charge in [0, 0.05) is 11.5 Å². The topological polar surface area (TPSA) is 81.9 Å². The quantitative estimate of drug-likeness (QED) is 0.776. The molecule has 0 aliphatic rings. The lowest BCUT2D eigenvalue weighted by Gasteiger charge is -2.18. The normalized spacial score (nSPS) is 12.0. The number of anilines is 1. The summed E-state index contributed by atoms with van der Waals surface area (Å²) < 4.78 is 0. The Morgan fingerprint density at radius 1 is 1.12 bits per heavy atom. The van der Waals surface area contributed by atoms with Gasteiger partial charge >= 0.3 is 0 Å². The third-order valence-electron chi connectivity index (χ3n) is 4.12. The zero-order valence-corrected chi connectivity index (χ0v) is 14.5. The summed E-state index contributed by atoms with van der Waals surface area (Å²) in [6, 6.07) is 14.0. The molecule has 6 nitrogen and oxygen atoms in total. The Bertz CT molecular complexity index is 873.